The van der Waals surface area contributed by atoms with E-state index in [-0.39, 0.29) is 17.3 Å². The zero-order valence-corrected chi connectivity index (χ0v) is 9.45. The minimum absolute atomic E-state index is 0. The van der Waals surface area contributed by atoms with E-state index in [4.69, 9.17) is 9.47 Å². The highest BCUT2D eigenvalue weighted by Crippen LogP contribution is 2.34. The molecule has 1 aliphatic heterocycles. The fraction of sp³-hybridized carbons (Fsp3) is 0.455. The summed E-state index contributed by atoms with van der Waals surface area (Å²) >= 11 is 0. The summed E-state index contributed by atoms with van der Waals surface area (Å²) in [5.74, 6) is 2.28. The van der Waals surface area contributed by atoms with Crippen LogP contribution >= 0.6 is 9.90 Å². The van der Waals surface area contributed by atoms with Gasteiger partial charge in [0.15, 0.2) is 11.5 Å². The molecule has 0 aromatic heterocycles. The molecule has 3 heteroatoms. The Morgan fingerprint density at radius 2 is 1.79 bits per heavy atom. The Morgan fingerprint density at radius 3 is 2.43 bits per heavy atom. The Balaban J connectivity index is 0.000000845. The second-order valence-electron chi connectivity index (χ2n) is 3.27. The topological polar surface area (TPSA) is 18.5 Å². The second kappa shape index (κ2) is 5.21. The van der Waals surface area contributed by atoms with Crippen molar-refractivity contribution < 1.29 is 9.47 Å². The lowest BCUT2D eigenvalue weighted by Crippen LogP contribution is -1.93. The molecule has 2 rings (SSSR count). The van der Waals surface area contributed by atoms with Gasteiger partial charge in [0, 0.05) is 0 Å². The predicted molar refractivity (Wildman–Crippen MR) is 64.5 cm³/mol. The summed E-state index contributed by atoms with van der Waals surface area (Å²) in [5.41, 5.74) is 1.29. The van der Waals surface area contributed by atoms with Crippen molar-refractivity contribution in [2.45, 2.75) is 27.2 Å². The van der Waals surface area contributed by atoms with Gasteiger partial charge in [0.25, 0.3) is 0 Å². The summed E-state index contributed by atoms with van der Waals surface area (Å²) in [6.45, 7) is 4.69. The smallest absolute Gasteiger partial charge is 0.231 e. The molecule has 0 fully saturated rings. The normalized spacial score (nSPS) is 11.9. The molecule has 0 aliphatic carbocycles. The molecule has 0 saturated heterocycles. The summed E-state index contributed by atoms with van der Waals surface area (Å²) in [6, 6.07) is 6.10. The van der Waals surface area contributed by atoms with Gasteiger partial charge in [0.1, 0.15) is 0 Å². The van der Waals surface area contributed by atoms with E-state index in [0.29, 0.717) is 12.7 Å². The highest BCUT2D eigenvalue weighted by molar-refractivity contribution is 6.92. The van der Waals surface area contributed by atoms with E-state index in [9.17, 15) is 0 Å². The summed E-state index contributed by atoms with van der Waals surface area (Å²) in [7, 11) is 0. The largest absolute Gasteiger partial charge is 0.454 e. The monoisotopic (exact) mass is 214 g/mol. The number of ether oxygens (including phenoxy) is 2. The van der Waals surface area contributed by atoms with Gasteiger partial charge in [-0.2, -0.15) is 9.90 Å². The number of fused-ring (bicyclic) bond motifs is 1. The van der Waals surface area contributed by atoms with Gasteiger partial charge in [-0.25, -0.2) is 0 Å². The first-order chi connectivity index (χ1) is 5.77. The van der Waals surface area contributed by atoms with Crippen LogP contribution in [0.1, 0.15) is 32.8 Å². The maximum absolute atomic E-state index is 5.27. The van der Waals surface area contributed by atoms with Crippen LogP contribution in [0.5, 0.6) is 11.5 Å². The molecular weight excluding hydrogens is 195 g/mol. The minimum atomic E-state index is 0. The van der Waals surface area contributed by atoms with Gasteiger partial charge in [-0.15, -0.1) is 0 Å². The maximum Gasteiger partial charge on any atom is 0.231 e. The Bertz CT molecular complexity index is 297. The van der Waals surface area contributed by atoms with Crippen molar-refractivity contribution in [1.82, 2.24) is 0 Å². The van der Waals surface area contributed by atoms with E-state index in [0.717, 1.165) is 11.5 Å². The summed E-state index contributed by atoms with van der Waals surface area (Å²) in [4.78, 5) is 0. The summed E-state index contributed by atoms with van der Waals surface area (Å²) in [6.07, 6.45) is 0. The van der Waals surface area contributed by atoms with E-state index in [2.05, 4.69) is 19.9 Å². The quantitative estimate of drug-likeness (QED) is 0.668. The van der Waals surface area contributed by atoms with Crippen molar-refractivity contribution >= 4 is 9.90 Å². The zero-order valence-electron chi connectivity index (χ0n) is 8.04. The number of benzene rings is 1. The van der Waals surface area contributed by atoms with Gasteiger partial charge >= 0.3 is 0 Å². The van der Waals surface area contributed by atoms with Gasteiger partial charge in [-0.1, -0.05) is 27.3 Å². The number of hydrogen-bond acceptors (Lipinski definition) is 2. The average Bonchev–Trinajstić information content (AvgIpc) is 2.49. The lowest BCUT2D eigenvalue weighted by Gasteiger charge is -2.05. The van der Waals surface area contributed by atoms with Gasteiger partial charge in [-0.05, 0) is 23.6 Å². The third kappa shape index (κ3) is 2.39. The second-order valence-corrected chi connectivity index (χ2v) is 3.27. The average molecular weight is 214 g/mol. The summed E-state index contributed by atoms with van der Waals surface area (Å²) in [5, 5.41) is 0. The molecule has 1 heterocycles. The first-order valence-electron chi connectivity index (χ1n) is 4.17. The SMILES string of the molecule is C.CC(C)c1ccc2c(c1)OCO2.P. The molecule has 0 amide bonds. The van der Waals surface area contributed by atoms with Crippen molar-refractivity contribution in [1.29, 1.82) is 0 Å². The van der Waals surface area contributed by atoms with Crippen LogP contribution in [0.2, 0.25) is 0 Å². The highest BCUT2D eigenvalue weighted by Gasteiger charge is 2.13. The Morgan fingerprint density at radius 1 is 1.14 bits per heavy atom. The molecular formula is C11H19O2P. The number of hydrogen-bond donors (Lipinski definition) is 0. The molecule has 0 spiro atoms. The van der Waals surface area contributed by atoms with Crippen LogP contribution in [-0.2, 0) is 0 Å². The van der Waals surface area contributed by atoms with Gasteiger partial charge in [0.05, 0.1) is 0 Å². The Labute approximate surface area is 89.2 Å². The molecule has 1 aromatic rings. The zero-order chi connectivity index (χ0) is 8.55. The van der Waals surface area contributed by atoms with E-state index in [1.165, 1.54) is 5.56 Å². The molecule has 2 nitrogen and oxygen atoms in total. The van der Waals surface area contributed by atoms with Crippen LogP contribution < -0.4 is 9.47 Å². The first-order valence-corrected chi connectivity index (χ1v) is 4.17. The van der Waals surface area contributed by atoms with Crippen molar-refractivity contribution in [2.75, 3.05) is 6.79 Å². The van der Waals surface area contributed by atoms with Crippen LogP contribution in [0.25, 0.3) is 0 Å². The van der Waals surface area contributed by atoms with E-state index in [1.54, 1.807) is 0 Å². The molecule has 0 saturated carbocycles. The van der Waals surface area contributed by atoms with Crippen molar-refractivity contribution in [3.8, 4) is 11.5 Å². The third-order valence-electron chi connectivity index (χ3n) is 2.06. The molecule has 80 valence electrons. The van der Waals surface area contributed by atoms with Crippen LogP contribution in [0.4, 0.5) is 0 Å². The van der Waals surface area contributed by atoms with Crippen LogP contribution in [0, 0.1) is 0 Å². The molecule has 0 bridgehead atoms. The van der Waals surface area contributed by atoms with E-state index < -0.39 is 0 Å². The maximum atomic E-state index is 5.27. The van der Waals surface area contributed by atoms with Crippen LogP contribution in [0.3, 0.4) is 0 Å². The third-order valence-corrected chi connectivity index (χ3v) is 2.06. The predicted octanol–water partition coefficient (Wildman–Crippen LogP) is 3.23. The Hall–Kier alpha value is -0.750. The molecule has 0 N–H and O–H groups in total. The molecule has 1 aliphatic rings. The van der Waals surface area contributed by atoms with Crippen molar-refractivity contribution in [2.24, 2.45) is 0 Å². The van der Waals surface area contributed by atoms with Crippen LogP contribution in [-0.4, -0.2) is 6.79 Å². The molecule has 1 atom stereocenters. The Kier molecular flexibility index (Phi) is 4.93. The van der Waals surface area contributed by atoms with Gasteiger partial charge in [-0.3, -0.25) is 0 Å². The minimum Gasteiger partial charge on any atom is -0.454 e. The molecule has 1 unspecified atom stereocenters. The molecule has 14 heavy (non-hydrogen) atoms. The fourth-order valence-corrected chi connectivity index (χ4v) is 1.27. The van der Waals surface area contributed by atoms with Crippen molar-refractivity contribution in [3.63, 3.8) is 0 Å². The first kappa shape index (κ1) is 13.2. The summed E-state index contributed by atoms with van der Waals surface area (Å²) < 4.78 is 10.5. The lowest BCUT2D eigenvalue weighted by atomic mass is 10.0. The molecule has 1 aromatic carbocycles. The van der Waals surface area contributed by atoms with Gasteiger partial charge < -0.3 is 9.47 Å². The van der Waals surface area contributed by atoms with Crippen LogP contribution in [0.15, 0.2) is 18.2 Å². The standard InChI is InChI=1S/C10H12O2.CH4.H3P/c1-7(2)8-3-4-9-10(5-8)12-6-11-9;;/h3-5,7H,6H2,1-2H3;1H4;1H3. The highest BCUT2D eigenvalue weighted by atomic mass is 31.0. The van der Waals surface area contributed by atoms with E-state index >= 15 is 0 Å². The van der Waals surface area contributed by atoms with Gasteiger partial charge in [0.2, 0.25) is 6.79 Å². The fourth-order valence-electron chi connectivity index (χ4n) is 1.27. The lowest BCUT2D eigenvalue weighted by molar-refractivity contribution is 0.174. The van der Waals surface area contributed by atoms with Crippen molar-refractivity contribution in [3.05, 3.63) is 23.8 Å². The number of rotatable bonds is 1. The van der Waals surface area contributed by atoms with E-state index in [1.807, 2.05) is 12.1 Å². The molecule has 0 radical (unpaired) electrons.